The molecule has 114 valence electrons. The predicted octanol–water partition coefficient (Wildman–Crippen LogP) is 3.09. The largest absolute Gasteiger partial charge is 0.481 e. The van der Waals surface area contributed by atoms with Crippen molar-refractivity contribution in [2.45, 2.75) is 70.6 Å². The van der Waals surface area contributed by atoms with E-state index in [0.29, 0.717) is 5.92 Å². The van der Waals surface area contributed by atoms with Gasteiger partial charge in [-0.3, -0.25) is 9.59 Å². The monoisotopic (exact) mass is 281 g/mol. The van der Waals surface area contributed by atoms with Crippen molar-refractivity contribution in [1.82, 2.24) is 0 Å². The van der Waals surface area contributed by atoms with Crippen LogP contribution in [0.15, 0.2) is 0 Å². The molecule has 0 spiro atoms. The summed E-state index contributed by atoms with van der Waals surface area (Å²) in [6, 6.07) is 0. The van der Waals surface area contributed by atoms with Gasteiger partial charge in [0.05, 0.1) is 6.42 Å². The molecule has 20 heavy (non-hydrogen) atoms. The average molecular weight is 281 g/mol. The number of carboxylic acids is 1. The molecule has 4 heteroatoms. The minimum atomic E-state index is -0.783. The van der Waals surface area contributed by atoms with E-state index in [1.54, 1.807) is 0 Å². The summed E-state index contributed by atoms with van der Waals surface area (Å²) in [6.45, 7) is 0. The van der Waals surface area contributed by atoms with Crippen molar-refractivity contribution in [1.29, 1.82) is 0 Å². The van der Waals surface area contributed by atoms with Crippen LogP contribution in [0.1, 0.15) is 70.6 Å². The fourth-order valence-electron chi connectivity index (χ4n) is 4.66. The summed E-state index contributed by atoms with van der Waals surface area (Å²) in [4.78, 5) is 23.4. The quantitative estimate of drug-likeness (QED) is 0.812. The molecule has 2 fully saturated rings. The number of carbonyl (C=O) groups is 2. The Hall–Kier alpha value is -1.06. The van der Waals surface area contributed by atoms with Crippen LogP contribution in [-0.4, -0.2) is 17.0 Å². The van der Waals surface area contributed by atoms with Gasteiger partial charge in [-0.2, -0.15) is 0 Å². The first-order valence-electron chi connectivity index (χ1n) is 8.06. The molecular weight excluding hydrogens is 254 g/mol. The number of hydrogen-bond acceptors (Lipinski definition) is 2. The van der Waals surface area contributed by atoms with E-state index in [0.717, 1.165) is 57.8 Å². The predicted molar refractivity (Wildman–Crippen MR) is 77.0 cm³/mol. The molecule has 2 aliphatic rings. The molecule has 0 aliphatic heterocycles. The van der Waals surface area contributed by atoms with Crippen LogP contribution >= 0.6 is 0 Å². The third kappa shape index (κ3) is 3.33. The second-order valence-electron chi connectivity index (χ2n) is 6.77. The zero-order chi connectivity index (χ0) is 14.6. The van der Waals surface area contributed by atoms with Gasteiger partial charge in [0.2, 0.25) is 5.91 Å². The number of amides is 1. The van der Waals surface area contributed by atoms with Gasteiger partial charge in [0.25, 0.3) is 0 Å². The molecule has 0 aromatic heterocycles. The number of primary amides is 1. The lowest BCUT2D eigenvalue weighted by molar-refractivity contribution is -0.145. The maximum Gasteiger partial charge on any atom is 0.303 e. The summed E-state index contributed by atoms with van der Waals surface area (Å²) in [5.41, 5.74) is 5.35. The van der Waals surface area contributed by atoms with Gasteiger partial charge >= 0.3 is 5.97 Å². The van der Waals surface area contributed by atoms with Crippen LogP contribution in [0.4, 0.5) is 0 Å². The molecule has 0 heterocycles. The highest BCUT2D eigenvalue weighted by atomic mass is 16.4. The lowest BCUT2D eigenvalue weighted by atomic mass is 9.58. The third-order valence-electron chi connectivity index (χ3n) is 5.44. The van der Waals surface area contributed by atoms with Crippen molar-refractivity contribution in [3.05, 3.63) is 0 Å². The lowest BCUT2D eigenvalue weighted by Gasteiger charge is -2.45. The first-order valence-corrected chi connectivity index (χ1v) is 8.06. The van der Waals surface area contributed by atoms with E-state index >= 15 is 0 Å². The zero-order valence-corrected chi connectivity index (χ0v) is 12.3. The van der Waals surface area contributed by atoms with Gasteiger partial charge in [-0.05, 0) is 37.0 Å². The standard InChI is InChI=1S/C16H27NO3/c17-15(20)14(12-7-3-1-4-8-12)16(11-13(18)19)9-5-2-6-10-16/h12,14H,1-11H2,(H2,17,20)(H,18,19). The van der Waals surface area contributed by atoms with E-state index in [1.165, 1.54) is 6.42 Å². The Labute approximate surface area is 121 Å². The van der Waals surface area contributed by atoms with Gasteiger partial charge in [-0.25, -0.2) is 0 Å². The molecule has 4 nitrogen and oxygen atoms in total. The number of nitrogens with two attached hydrogens (primary N) is 1. The van der Waals surface area contributed by atoms with Gasteiger partial charge in [-0.15, -0.1) is 0 Å². The van der Waals surface area contributed by atoms with Gasteiger partial charge in [-0.1, -0.05) is 38.5 Å². The van der Waals surface area contributed by atoms with E-state index in [9.17, 15) is 14.7 Å². The highest BCUT2D eigenvalue weighted by Gasteiger charge is 2.47. The highest BCUT2D eigenvalue weighted by molar-refractivity contribution is 5.79. The second-order valence-corrected chi connectivity index (χ2v) is 6.77. The maximum absolute atomic E-state index is 12.1. The second kappa shape index (κ2) is 6.59. The van der Waals surface area contributed by atoms with Gasteiger partial charge < -0.3 is 10.8 Å². The Kier molecular flexibility index (Phi) is 5.06. The average Bonchev–Trinajstić information content (AvgIpc) is 2.39. The Morgan fingerprint density at radius 1 is 1.05 bits per heavy atom. The maximum atomic E-state index is 12.1. The molecule has 0 aromatic carbocycles. The Morgan fingerprint density at radius 2 is 1.60 bits per heavy atom. The highest BCUT2D eigenvalue weighted by Crippen LogP contribution is 2.50. The van der Waals surface area contributed by atoms with Crippen LogP contribution in [0, 0.1) is 17.3 Å². The number of carbonyl (C=O) groups excluding carboxylic acids is 1. The zero-order valence-electron chi connectivity index (χ0n) is 12.3. The van der Waals surface area contributed by atoms with Crippen LogP contribution in [0.25, 0.3) is 0 Å². The van der Waals surface area contributed by atoms with Crippen LogP contribution in [0.3, 0.4) is 0 Å². The van der Waals surface area contributed by atoms with Crippen LogP contribution in [0.5, 0.6) is 0 Å². The molecule has 1 unspecified atom stereocenters. The smallest absolute Gasteiger partial charge is 0.303 e. The molecule has 1 amide bonds. The summed E-state index contributed by atoms with van der Waals surface area (Å²) in [7, 11) is 0. The summed E-state index contributed by atoms with van der Waals surface area (Å²) in [5, 5.41) is 9.31. The van der Waals surface area contributed by atoms with Crippen molar-refractivity contribution in [2.24, 2.45) is 23.0 Å². The first kappa shape index (κ1) is 15.3. The minimum Gasteiger partial charge on any atom is -0.481 e. The normalized spacial score (nSPS) is 25.0. The Morgan fingerprint density at radius 3 is 2.10 bits per heavy atom. The fraction of sp³-hybridized carbons (Fsp3) is 0.875. The lowest BCUT2D eigenvalue weighted by Crippen LogP contribution is -2.46. The molecule has 2 saturated carbocycles. The molecule has 2 rings (SSSR count). The summed E-state index contributed by atoms with van der Waals surface area (Å²) < 4.78 is 0. The van der Waals surface area contributed by atoms with E-state index in [4.69, 9.17) is 5.73 Å². The van der Waals surface area contributed by atoms with Crippen molar-refractivity contribution in [3.63, 3.8) is 0 Å². The molecule has 1 atom stereocenters. The summed E-state index contributed by atoms with van der Waals surface area (Å²) in [5.74, 6) is -0.980. The van der Waals surface area contributed by atoms with Crippen LogP contribution in [0.2, 0.25) is 0 Å². The Bertz CT molecular complexity index is 355. The first-order chi connectivity index (χ1) is 9.55. The van der Waals surface area contributed by atoms with E-state index in [-0.39, 0.29) is 23.7 Å². The number of aliphatic carboxylic acids is 1. The fourth-order valence-corrected chi connectivity index (χ4v) is 4.66. The van der Waals surface area contributed by atoms with Crippen LogP contribution in [-0.2, 0) is 9.59 Å². The van der Waals surface area contributed by atoms with Gasteiger partial charge in [0, 0.05) is 5.92 Å². The van der Waals surface area contributed by atoms with Crippen LogP contribution < -0.4 is 5.73 Å². The number of hydrogen-bond donors (Lipinski definition) is 2. The van der Waals surface area contributed by atoms with Crippen molar-refractivity contribution in [2.75, 3.05) is 0 Å². The SMILES string of the molecule is NC(=O)C(C1CCCCC1)C1(CC(=O)O)CCCCC1. The van der Waals surface area contributed by atoms with Gasteiger partial charge in [0.15, 0.2) is 0 Å². The van der Waals surface area contributed by atoms with Crippen molar-refractivity contribution >= 4 is 11.9 Å². The molecule has 3 N–H and O–H groups in total. The topological polar surface area (TPSA) is 80.4 Å². The van der Waals surface area contributed by atoms with Gasteiger partial charge in [0.1, 0.15) is 0 Å². The molecule has 0 aromatic rings. The Balaban J connectivity index is 2.25. The molecule has 0 radical (unpaired) electrons. The molecule has 2 aliphatic carbocycles. The third-order valence-corrected chi connectivity index (χ3v) is 5.44. The van der Waals surface area contributed by atoms with Crippen molar-refractivity contribution in [3.8, 4) is 0 Å². The molecule has 0 bridgehead atoms. The minimum absolute atomic E-state index is 0.108. The van der Waals surface area contributed by atoms with Crippen molar-refractivity contribution < 1.29 is 14.7 Å². The number of carboxylic acid groups (broad SMARTS) is 1. The summed E-state index contributed by atoms with van der Waals surface area (Å²) >= 11 is 0. The van der Waals surface area contributed by atoms with E-state index < -0.39 is 5.97 Å². The molecular formula is C16H27NO3. The summed E-state index contributed by atoms with van der Waals surface area (Å²) in [6.07, 6.45) is 10.6. The van der Waals surface area contributed by atoms with E-state index in [2.05, 4.69) is 0 Å². The molecule has 0 saturated heterocycles. The number of rotatable bonds is 5. The van der Waals surface area contributed by atoms with E-state index in [1.807, 2.05) is 0 Å².